The maximum atomic E-state index is 11.6. The summed E-state index contributed by atoms with van der Waals surface area (Å²) in [6, 6.07) is 0. The van der Waals surface area contributed by atoms with Gasteiger partial charge in [-0.25, -0.2) is 4.98 Å². The summed E-state index contributed by atoms with van der Waals surface area (Å²) in [4.78, 5) is 15.7. The standard InChI is InChI=1S/C10H12N2O.2C2H6/c1-4-6-8-9(5-2)11-7-12(3)10(8)13;2*1-2/h4-7H,1H2,2-3H3;2*1-2H3/b8-6+,9-5+;;. The number of allylic oxidation sites excluding steroid dienone is 1. The van der Waals surface area contributed by atoms with E-state index < -0.39 is 0 Å². The summed E-state index contributed by atoms with van der Waals surface area (Å²) in [6.45, 7) is 13.4. The zero-order valence-corrected chi connectivity index (χ0v) is 11.8. The molecule has 0 spiro atoms. The van der Waals surface area contributed by atoms with Gasteiger partial charge in [0.05, 0.1) is 16.9 Å². The molecule has 3 nitrogen and oxygen atoms in total. The van der Waals surface area contributed by atoms with E-state index in [0.29, 0.717) is 10.6 Å². The van der Waals surface area contributed by atoms with Crippen molar-refractivity contribution in [2.75, 3.05) is 0 Å². The Morgan fingerprint density at radius 2 is 1.82 bits per heavy atom. The van der Waals surface area contributed by atoms with Crippen molar-refractivity contribution in [1.82, 2.24) is 9.55 Å². The fraction of sp³-hybridized carbons (Fsp3) is 0.429. The fourth-order valence-electron chi connectivity index (χ4n) is 1.07. The number of hydrogen-bond donors (Lipinski definition) is 0. The highest BCUT2D eigenvalue weighted by atomic mass is 16.1. The van der Waals surface area contributed by atoms with E-state index in [1.165, 1.54) is 10.9 Å². The van der Waals surface area contributed by atoms with Crippen molar-refractivity contribution in [3.63, 3.8) is 0 Å². The third-order valence-corrected chi connectivity index (χ3v) is 1.75. The van der Waals surface area contributed by atoms with Gasteiger partial charge >= 0.3 is 0 Å². The monoisotopic (exact) mass is 236 g/mol. The summed E-state index contributed by atoms with van der Waals surface area (Å²) in [5.41, 5.74) is -0.0528. The van der Waals surface area contributed by atoms with E-state index in [0.717, 1.165) is 0 Å². The van der Waals surface area contributed by atoms with Gasteiger partial charge in [-0.3, -0.25) is 4.79 Å². The molecule has 0 N–H and O–H groups in total. The van der Waals surface area contributed by atoms with Gasteiger partial charge in [0.1, 0.15) is 0 Å². The van der Waals surface area contributed by atoms with Gasteiger partial charge in [-0.05, 0) is 13.0 Å². The summed E-state index contributed by atoms with van der Waals surface area (Å²) < 4.78 is 1.45. The molecule has 0 bridgehead atoms. The van der Waals surface area contributed by atoms with Crippen LogP contribution >= 0.6 is 0 Å². The summed E-state index contributed by atoms with van der Waals surface area (Å²) in [7, 11) is 1.68. The van der Waals surface area contributed by atoms with Crippen LogP contribution in [-0.4, -0.2) is 9.55 Å². The lowest BCUT2D eigenvalue weighted by molar-refractivity contribution is 0.804. The maximum absolute atomic E-state index is 11.6. The van der Waals surface area contributed by atoms with Crippen LogP contribution in [0.2, 0.25) is 0 Å². The molecule has 0 fully saturated rings. The van der Waals surface area contributed by atoms with Gasteiger partial charge in [-0.15, -0.1) is 0 Å². The fourth-order valence-corrected chi connectivity index (χ4v) is 1.07. The van der Waals surface area contributed by atoms with Crippen molar-refractivity contribution in [3.8, 4) is 0 Å². The zero-order chi connectivity index (χ0) is 13.8. The minimum atomic E-state index is -0.0528. The number of rotatable bonds is 1. The number of aryl methyl sites for hydroxylation is 1. The van der Waals surface area contributed by atoms with Crippen LogP contribution in [0.15, 0.2) is 23.8 Å². The van der Waals surface area contributed by atoms with Crippen LogP contribution in [0.1, 0.15) is 34.6 Å². The number of aromatic nitrogens is 2. The largest absolute Gasteiger partial charge is 0.302 e. The van der Waals surface area contributed by atoms with Gasteiger partial charge in [-0.1, -0.05) is 46.4 Å². The first-order valence-electron chi connectivity index (χ1n) is 6.01. The highest BCUT2D eigenvalue weighted by molar-refractivity contribution is 5.35. The van der Waals surface area contributed by atoms with Crippen LogP contribution in [0.25, 0.3) is 12.2 Å². The van der Waals surface area contributed by atoms with Crippen molar-refractivity contribution in [3.05, 3.63) is 39.9 Å². The van der Waals surface area contributed by atoms with Crippen LogP contribution in [0.5, 0.6) is 0 Å². The van der Waals surface area contributed by atoms with Gasteiger partial charge in [0.15, 0.2) is 0 Å². The van der Waals surface area contributed by atoms with Crippen molar-refractivity contribution >= 4 is 12.2 Å². The van der Waals surface area contributed by atoms with Crippen LogP contribution in [0.3, 0.4) is 0 Å². The SMILES string of the molecule is C=C/C=c1/c(=O)n(C)cn/c1=C/C.CC.CC. The second-order valence-corrected chi connectivity index (χ2v) is 2.65. The minimum absolute atomic E-state index is 0.0528. The topological polar surface area (TPSA) is 34.9 Å². The molecule has 0 aliphatic heterocycles. The molecule has 0 unspecified atom stereocenters. The Hall–Kier alpha value is -1.64. The Morgan fingerprint density at radius 3 is 2.24 bits per heavy atom. The van der Waals surface area contributed by atoms with Crippen molar-refractivity contribution in [1.29, 1.82) is 0 Å². The average Bonchev–Trinajstić information content (AvgIpc) is 2.40. The van der Waals surface area contributed by atoms with E-state index in [1.807, 2.05) is 34.6 Å². The molecule has 0 radical (unpaired) electrons. The van der Waals surface area contributed by atoms with Crippen molar-refractivity contribution < 1.29 is 0 Å². The molecule has 0 saturated carbocycles. The Balaban J connectivity index is 0. The van der Waals surface area contributed by atoms with E-state index in [2.05, 4.69) is 11.6 Å². The van der Waals surface area contributed by atoms with Crippen LogP contribution in [0.4, 0.5) is 0 Å². The van der Waals surface area contributed by atoms with Gasteiger partial charge in [-0.2, -0.15) is 0 Å². The summed E-state index contributed by atoms with van der Waals surface area (Å²) in [6.07, 6.45) is 6.57. The highest BCUT2D eigenvalue weighted by Crippen LogP contribution is 1.63. The molecular weight excluding hydrogens is 212 g/mol. The average molecular weight is 236 g/mol. The Kier molecular flexibility index (Phi) is 11.3. The molecule has 96 valence electrons. The van der Waals surface area contributed by atoms with E-state index >= 15 is 0 Å². The molecule has 0 saturated heterocycles. The first-order valence-corrected chi connectivity index (χ1v) is 6.01. The summed E-state index contributed by atoms with van der Waals surface area (Å²) >= 11 is 0. The predicted octanol–water partition coefficient (Wildman–Crippen LogP) is 1.60. The molecule has 1 aromatic heterocycles. The number of hydrogen-bond acceptors (Lipinski definition) is 2. The smallest absolute Gasteiger partial charge is 0.260 e. The lowest BCUT2D eigenvalue weighted by Crippen LogP contribution is -2.45. The van der Waals surface area contributed by atoms with Gasteiger partial charge < -0.3 is 4.57 Å². The third-order valence-electron chi connectivity index (χ3n) is 1.75. The molecule has 0 amide bonds. The highest BCUT2D eigenvalue weighted by Gasteiger charge is 1.93. The second kappa shape index (κ2) is 10.9. The predicted molar refractivity (Wildman–Crippen MR) is 76.2 cm³/mol. The van der Waals surface area contributed by atoms with E-state index in [4.69, 9.17) is 0 Å². The summed E-state index contributed by atoms with van der Waals surface area (Å²) in [5.74, 6) is 0. The molecule has 3 heteroatoms. The summed E-state index contributed by atoms with van der Waals surface area (Å²) in [5, 5.41) is 1.28. The molecule has 1 aromatic rings. The first-order chi connectivity index (χ1) is 8.20. The molecule has 0 atom stereocenters. The second-order valence-electron chi connectivity index (χ2n) is 2.65. The van der Waals surface area contributed by atoms with E-state index in [-0.39, 0.29) is 5.56 Å². The normalized spacial score (nSPS) is 10.9. The van der Waals surface area contributed by atoms with E-state index in [1.54, 1.807) is 25.3 Å². The molecule has 17 heavy (non-hydrogen) atoms. The molecule has 0 aliphatic rings. The van der Waals surface area contributed by atoms with Gasteiger partial charge in [0.2, 0.25) is 0 Å². The van der Waals surface area contributed by atoms with Crippen LogP contribution in [-0.2, 0) is 7.05 Å². The maximum Gasteiger partial charge on any atom is 0.260 e. The Labute approximate surface area is 104 Å². The quantitative estimate of drug-likeness (QED) is 0.742. The third kappa shape index (κ3) is 5.29. The van der Waals surface area contributed by atoms with Crippen molar-refractivity contribution in [2.24, 2.45) is 7.05 Å². The zero-order valence-electron chi connectivity index (χ0n) is 11.8. The lowest BCUT2D eigenvalue weighted by Gasteiger charge is -1.94. The Morgan fingerprint density at radius 1 is 1.29 bits per heavy atom. The molecule has 1 rings (SSSR count). The molecule has 0 aliphatic carbocycles. The Bertz CT molecular complexity index is 484. The van der Waals surface area contributed by atoms with Crippen molar-refractivity contribution in [2.45, 2.75) is 34.6 Å². The van der Waals surface area contributed by atoms with Crippen LogP contribution in [0, 0.1) is 0 Å². The van der Waals surface area contributed by atoms with Gasteiger partial charge in [0.25, 0.3) is 5.56 Å². The van der Waals surface area contributed by atoms with Gasteiger partial charge in [0, 0.05) is 7.05 Å². The lowest BCUT2D eigenvalue weighted by atomic mass is 10.3. The number of nitrogens with zero attached hydrogens (tertiary/aromatic N) is 2. The minimum Gasteiger partial charge on any atom is -0.302 e. The molecular formula is C14H24N2O. The first kappa shape index (κ1) is 17.7. The molecule has 1 heterocycles. The van der Waals surface area contributed by atoms with Crippen LogP contribution < -0.4 is 16.1 Å². The van der Waals surface area contributed by atoms with E-state index in [9.17, 15) is 4.79 Å². The molecule has 0 aromatic carbocycles.